The van der Waals surface area contributed by atoms with Gasteiger partial charge in [-0.25, -0.2) is 0 Å². The minimum absolute atomic E-state index is 0.0297. The van der Waals surface area contributed by atoms with Crippen molar-refractivity contribution in [3.63, 3.8) is 0 Å². The molecule has 0 unspecified atom stereocenters. The summed E-state index contributed by atoms with van der Waals surface area (Å²) in [5.41, 5.74) is 0.592. The second-order valence-corrected chi connectivity index (χ2v) is 10.1. The Kier molecular flexibility index (Phi) is 6.60. The van der Waals surface area contributed by atoms with Crippen molar-refractivity contribution in [1.82, 2.24) is 0 Å². The predicted octanol–water partition coefficient (Wildman–Crippen LogP) is 3.49. The van der Waals surface area contributed by atoms with E-state index in [0.717, 1.165) is 6.42 Å². The van der Waals surface area contributed by atoms with Crippen LogP contribution in [-0.4, -0.2) is 42.3 Å². The number of nitro groups is 1. The van der Waals surface area contributed by atoms with E-state index in [9.17, 15) is 29.3 Å². The standard InChI is InChI=1S/C27H27N3O8/c1-15-3-9-20-21(11-15)26(33)29(25(20)32)17-4-7-19(8-5-17)38-27(34)16-12-24(31)28(14-16)22-10-6-18(30(35)36)13-23(22)37-2/h4-8,10,13,15-16,20-21H,3,9,11-12,14H2,1-2H3/t15-,16-,20-,21+/m1/s1. The van der Waals surface area contributed by atoms with Gasteiger partial charge in [0.25, 0.3) is 5.69 Å². The first-order valence-corrected chi connectivity index (χ1v) is 12.5. The average molecular weight is 522 g/mol. The number of esters is 1. The van der Waals surface area contributed by atoms with E-state index < -0.39 is 16.8 Å². The second-order valence-electron chi connectivity index (χ2n) is 10.1. The quantitative estimate of drug-likeness (QED) is 0.185. The van der Waals surface area contributed by atoms with Gasteiger partial charge in [-0.05, 0) is 55.5 Å². The summed E-state index contributed by atoms with van der Waals surface area (Å²) in [7, 11) is 1.34. The molecule has 38 heavy (non-hydrogen) atoms. The summed E-state index contributed by atoms with van der Waals surface area (Å²) in [6, 6.07) is 10.1. The summed E-state index contributed by atoms with van der Waals surface area (Å²) in [5, 5.41) is 11.1. The molecule has 2 saturated heterocycles. The second kappa shape index (κ2) is 9.88. The third-order valence-corrected chi connectivity index (χ3v) is 7.62. The van der Waals surface area contributed by atoms with Gasteiger partial charge in [0.05, 0.1) is 47.2 Å². The van der Waals surface area contributed by atoms with Gasteiger partial charge in [-0.2, -0.15) is 0 Å². The number of hydrogen-bond acceptors (Lipinski definition) is 8. The zero-order valence-electron chi connectivity index (χ0n) is 21.0. The molecule has 0 spiro atoms. The fourth-order valence-electron chi connectivity index (χ4n) is 5.61. The number of fused-ring (bicyclic) bond motifs is 1. The number of amides is 3. The molecule has 11 nitrogen and oxygen atoms in total. The number of anilines is 2. The Morgan fingerprint density at radius 1 is 1.03 bits per heavy atom. The Hall–Kier alpha value is -4.28. The van der Waals surface area contributed by atoms with E-state index in [1.807, 2.05) is 0 Å². The lowest BCUT2D eigenvalue weighted by molar-refractivity contribution is -0.384. The fourth-order valence-corrected chi connectivity index (χ4v) is 5.61. The molecular formula is C27H27N3O8. The van der Waals surface area contributed by atoms with Gasteiger partial charge in [0.2, 0.25) is 17.7 Å². The van der Waals surface area contributed by atoms with Crippen LogP contribution in [-0.2, 0) is 19.2 Å². The third-order valence-electron chi connectivity index (χ3n) is 7.62. The summed E-state index contributed by atoms with van der Waals surface area (Å²) in [6.45, 7) is 2.13. The highest BCUT2D eigenvalue weighted by atomic mass is 16.6. The van der Waals surface area contributed by atoms with E-state index in [-0.39, 0.29) is 59.7 Å². The molecule has 4 atom stereocenters. The number of rotatable bonds is 6. The predicted molar refractivity (Wildman–Crippen MR) is 135 cm³/mol. The van der Waals surface area contributed by atoms with Crippen LogP contribution in [0.4, 0.5) is 17.1 Å². The van der Waals surface area contributed by atoms with Gasteiger partial charge in [-0.1, -0.05) is 6.92 Å². The Balaban J connectivity index is 1.25. The van der Waals surface area contributed by atoms with Crippen molar-refractivity contribution in [2.24, 2.45) is 23.7 Å². The van der Waals surface area contributed by atoms with E-state index >= 15 is 0 Å². The molecule has 2 aliphatic heterocycles. The molecule has 0 bridgehead atoms. The number of methoxy groups -OCH3 is 1. The number of non-ortho nitro benzene ring substituents is 1. The summed E-state index contributed by atoms with van der Waals surface area (Å²) in [5.74, 6) is -1.82. The largest absolute Gasteiger partial charge is 0.494 e. The molecule has 1 saturated carbocycles. The van der Waals surface area contributed by atoms with E-state index in [4.69, 9.17) is 9.47 Å². The van der Waals surface area contributed by atoms with Crippen molar-refractivity contribution in [3.05, 3.63) is 52.6 Å². The van der Waals surface area contributed by atoms with Crippen molar-refractivity contribution in [2.75, 3.05) is 23.5 Å². The topological polar surface area (TPSA) is 136 Å². The monoisotopic (exact) mass is 521 g/mol. The maximum atomic E-state index is 12.9. The molecule has 3 fully saturated rings. The van der Waals surface area contributed by atoms with Crippen molar-refractivity contribution >= 4 is 40.8 Å². The molecule has 1 aliphatic carbocycles. The van der Waals surface area contributed by atoms with E-state index in [1.165, 1.54) is 47.2 Å². The van der Waals surface area contributed by atoms with E-state index in [0.29, 0.717) is 30.1 Å². The number of nitrogens with zero attached hydrogens (tertiary/aromatic N) is 3. The number of ether oxygens (including phenoxy) is 2. The normalized spacial score (nSPS) is 24.9. The number of hydrogen-bond donors (Lipinski definition) is 0. The number of nitro benzene ring substituents is 1. The van der Waals surface area contributed by atoms with Gasteiger partial charge in [-0.3, -0.25) is 34.2 Å². The highest BCUT2D eigenvalue weighted by Gasteiger charge is 2.50. The summed E-state index contributed by atoms with van der Waals surface area (Å²) < 4.78 is 10.7. The van der Waals surface area contributed by atoms with Gasteiger partial charge in [0.1, 0.15) is 11.5 Å². The van der Waals surface area contributed by atoms with Gasteiger partial charge in [-0.15, -0.1) is 0 Å². The molecule has 2 aromatic carbocycles. The fraction of sp³-hybridized carbons (Fsp3) is 0.407. The molecule has 5 rings (SSSR count). The summed E-state index contributed by atoms with van der Waals surface area (Å²) in [4.78, 5) is 64.4. The zero-order chi connectivity index (χ0) is 27.1. The molecule has 0 aromatic heterocycles. The number of benzene rings is 2. The third kappa shape index (κ3) is 4.48. The molecule has 198 valence electrons. The van der Waals surface area contributed by atoms with E-state index in [1.54, 1.807) is 12.1 Å². The maximum Gasteiger partial charge on any atom is 0.316 e. The zero-order valence-corrected chi connectivity index (χ0v) is 21.0. The van der Waals surface area contributed by atoms with Crippen molar-refractivity contribution in [1.29, 1.82) is 0 Å². The van der Waals surface area contributed by atoms with Crippen LogP contribution in [0.2, 0.25) is 0 Å². The Morgan fingerprint density at radius 2 is 1.74 bits per heavy atom. The lowest BCUT2D eigenvalue weighted by Crippen LogP contribution is -2.30. The maximum absolute atomic E-state index is 12.9. The highest BCUT2D eigenvalue weighted by molar-refractivity contribution is 6.22. The van der Waals surface area contributed by atoms with Crippen LogP contribution < -0.4 is 19.3 Å². The van der Waals surface area contributed by atoms with Gasteiger partial charge >= 0.3 is 5.97 Å². The molecule has 11 heteroatoms. The van der Waals surface area contributed by atoms with Crippen molar-refractivity contribution < 1.29 is 33.6 Å². The average Bonchev–Trinajstić information content (AvgIpc) is 3.40. The van der Waals surface area contributed by atoms with Crippen LogP contribution in [0.15, 0.2) is 42.5 Å². The highest BCUT2D eigenvalue weighted by Crippen LogP contribution is 2.42. The molecular weight excluding hydrogens is 494 g/mol. The molecule has 2 aromatic rings. The first-order valence-electron chi connectivity index (χ1n) is 12.5. The SMILES string of the molecule is COc1cc([N+](=O)[O-])ccc1N1C[C@H](C(=O)Oc2ccc(N3C(=O)[C@H]4C[C@H](C)CC[C@H]4C3=O)cc2)CC1=O. The molecule has 3 aliphatic rings. The Morgan fingerprint density at radius 3 is 2.42 bits per heavy atom. The smallest absolute Gasteiger partial charge is 0.316 e. The Bertz CT molecular complexity index is 1320. The van der Waals surface area contributed by atoms with Crippen LogP contribution in [0.25, 0.3) is 0 Å². The van der Waals surface area contributed by atoms with E-state index in [2.05, 4.69) is 6.92 Å². The number of carbonyl (C=O) groups is 4. The molecule has 2 heterocycles. The van der Waals surface area contributed by atoms with Crippen LogP contribution in [0, 0.1) is 33.8 Å². The first kappa shape index (κ1) is 25.4. The summed E-state index contributed by atoms with van der Waals surface area (Å²) >= 11 is 0. The van der Waals surface area contributed by atoms with Crippen LogP contribution >= 0.6 is 0 Å². The Labute approximate surface area is 218 Å². The van der Waals surface area contributed by atoms with Crippen molar-refractivity contribution in [2.45, 2.75) is 32.6 Å². The lowest BCUT2D eigenvalue weighted by atomic mass is 9.76. The number of carbonyl (C=O) groups excluding carboxylic acids is 4. The number of imide groups is 1. The molecule has 3 amide bonds. The van der Waals surface area contributed by atoms with Crippen LogP contribution in [0.3, 0.4) is 0 Å². The van der Waals surface area contributed by atoms with Gasteiger partial charge in [0, 0.05) is 19.0 Å². The van der Waals surface area contributed by atoms with Gasteiger partial charge < -0.3 is 14.4 Å². The lowest BCUT2D eigenvalue weighted by Gasteiger charge is -2.25. The minimum atomic E-state index is -0.756. The first-order chi connectivity index (χ1) is 18.2. The van der Waals surface area contributed by atoms with Crippen molar-refractivity contribution in [3.8, 4) is 11.5 Å². The minimum Gasteiger partial charge on any atom is -0.494 e. The van der Waals surface area contributed by atoms with Crippen LogP contribution in [0.1, 0.15) is 32.6 Å². The molecule has 0 radical (unpaired) electrons. The van der Waals surface area contributed by atoms with Gasteiger partial charge in [0.15, 0.2) is 0 Å². The van der Waals surface area contributed by atoms with Crippen LogP contribution in [0.5, 0.6) is 11.5 Å². The summed E-state index contributed by atoms with van der Waals surface area (Å²) in [6.07, 6.45) is 2.27. The molecule has 0 N–H and O–H groups in total.